The van der Waals surface area contributed by atoms with Gasteiger partial charge in [0, 0.05) is 5.57 Å². The van der Waals surface area contributed by atoms with Crippen LogP contribution in [0.15, 0.2) is 60.2 Å². The molecule has 0 radical (unpaired) electrons. The molecule has 1 aromatic carbocycles. The van der Waals surface area contributed by atoms with E-state index >= 15 is 0 Å². The second-order valence-corrected chi connectivity index (χ2v) is 3.31. The average molecular weight is 214 g/mol. The first-order valence-electron chi connectivity index (χ1n) is 5.00. The second kappa shape index (κ2) is 6.40. The largest absolute Gasteiger partial charge is 0.478 e. The van der Waals surface area contributed by atoms with Gasteiger partial charge in [-0.2, -0.15) is 0 Å². The highest BCUT2D eigenvalue weighted by Gasteiger charge is 1.94. The summed E-state index contributed by atoms with van der Waals surface area (Å²) in [7, 11) is 0. The number of benzene rings is 1. The van der Waals surface area contributed by atoms with Gasteiger partial charge in [0.1, 0.15) is 0 Å². The Kier molecular flexibility index (Phi) is 4.80. The molecule has 2 heteroatoms. The molecule has 1 rings (SSSR count). The highest BCUT2D eigenvalue weighted by atomic mass is 16.4. The molecule has 0 spiro atoms. The van der Waals surface area contributed by atoms with Crippen LogP contribution in [-0.2, 0) is 4.79 Å². The lowest BCUT2D eigenvalue weighted by atomic mass is 10.2. The lowest BCUT2D eigenvalue weighted by molar-refractivity contribution is -0.132. The predicted octanol–water partition coefficient (Wildman–Crippen LogP) is 3.29. The van der Waals surface area contributed by atoms with E-state index in [-0.39, 0.29) is 0 Å². The fourth-order valence-corrected chi connectivity index (χ4v) is 1.07. The summed E-state index contributed by atoms with van der Waals surface area (Å²) < 4.78 is 0. The molecule has 0 aliphatic heterocycles. The molecule has 1 aromatic rings. The molecule has 0 amide bonds. The fourth-order valence-electron chi connectivity index (χ4n) is 1.07. The van der Waals surface area contributed by atoms with Gasteiger partial charge in [0.2, 0.25) is 0 Å². The Morgan fingerprint density at radius 2 is 1.81 bits per heavy atom. The van der Waals surface area contributed by atoms with Gasteiger partial charge >= 0.3 is 5.97 Å². The van der Waals surface area contributed by atoms with Crippen molar-refractivity contribution in [1.29, 1.82) is 0 Å². The molecule has 0 aliphatic carbocycles. The van der Waals surface area contributed by atoms with Crippen molar-refractivity contribution in [2.24, 2.45) is 0 Å². The summed E-state index contributed by atoms with van der Waals surface area (Å²) in [6, 6.07) is 9.91. The van der Waals surface area contributed by atoms with Crippen LogP contribution in [0.4, 0.5) is 0 Å². The van der Waals surface area contributed by atoms with Gasteiger partial charge in [-0.25, -0.2) is 4.79 Å². The van der Waals surface area contributed by atoms with Crippen molar-refractivity contribution in [3.63, 3.8) is 0 Å². The molecule has 0 atom stereocenters. The normalized spacial score (nSPS) is 12.4. The summed E-state index contributed by atoms with van der Waals surface area (Å²) >= 11 is 0. The van der Waals surface area contributed by atoms with E-state index in [1.807, 2.05) is 42.5 Å². The van der Waals surface area contributed by atoms with Gasteiger partial charge in [-0.3, -0.25) is 0 Å². The van der Waals surface area contributed by atoms with Gasteiger partial charge in [0.25, 0.3) is 0 Å². The quantitative estimate of drug-likeness (QED) is 0.616. The van der Waals surface area contributed by atoms with Crippen molar-refractivity contribution >= 4 is 12.0 Å². The van der Waals surface area contributed by atoms with E-state index in [1.165, 1.54) is 0 Å². The molecule has 0 saturated carbocycles. The maximum absolute atomic E-state index is 10.5. The van der Waals surface area contributed by atoms with Gasteiger partial charge in [0.05, 0.1) is 0 Å². The number of hydrogen-bond donors (Lipinski definition) is 1. The zero-order valence-corrected chi connectivity index (χ0v) is 9.13. The topological polar surface area (TPSA) is 37.3 Å². The number of hydrogen-bond acceptors (Lipinski definition) is 1. The van der Waals surface area contributed by atoms with Gasteiger partial charge in [-0.15, -0.1) is 0 Å². The molecule has 82 valence electrons. The first kappa shape index (κ1) is 12.0. The van der Waals surface area contributed by atoms with E-state index in [0.29, 0.717) is 5.57 Å². The van der Waals surface area contributed by atoms with Crippen LogP contribution >= 0.6 is 0 Å². The second-order valence-electron chi connectivity index (χ2n) is 3.31. The fraction of sp³-hybridized carbons (Fsp3) is 0.0714. The van der Waals surface area contributed by atoms with Crippen molar-refractivity contribution in [2.45, 2.75) is 6.92 Å². The van der Waals surface area contributed by atoms with E-state index < -0.39 is 5.97 Å². The minimum absolute atomic E-state index is 0.323. The van der Waals surface area contributed by atoms with Crippen LogP contribution in [0, 0.1) is 0 Å². The first-order valence-corrected chi connectivity index (χ1v) is 5.00. The molecule has 2 nitrogen and oxygen atoms in total. The third kappa shape index (κ3) is 4.42. The van der Waals surface area contributed by atoms with Crippen LogP contribution in [0.2, 0.25) is 0 Å². The van der Waals surface area contributed by atoms with Crippen molar-refractivity contribution < 1.29 is 9.90 Å². The Morgan fingerprint density at radius 3 is 2.44 bits per heavy atom. The Labute approximate surface area is 95.2 Å². The highest BCUT2D eigenvalue weighted by molar-refractivity contribution is 5.86. The molecule has 0 unspecified atom stereocenters. The Hall–Kier alpha value is -2.09. The first-order chi connectivity index (χ1) is 7.70. The summed E-state index contributed by atoms with van der Waals surface area (Å²) in [5.41, 5.74) is 1.44. The number of carbonyl (C=O) groups is 1. The smallest absolute Gasteiger partial charge is 0.331 e. The third-order valence-corrected chi connectivity index (χ3v) is 1.99. The summed E-state index contributed by atoms with van der Waals surface area (Å²) in [6.45, 7) is 1.56. The highest BCUT2D eigenvalue weighted by Crippen LogP contribution is 2.01. The van der Waals surface area contributed by atoms with Crippen LogP contribution in [0.25, 0.3) is 6.08 Å². The Balaban J connectivity index is 2.52. The van der Waals surface area contributed by atoms with Crippen molar-refractivity contribution in [3.05, 3.63) is 65.8 Å². The van der Waals surface area contributed by atoms with E-state index in [2.05, 4.69) is 0 Å². The lowest BCUT2D eigenvalue weighted by Gasteiger charge is -1.88. The van der Waals surface area contributed by atoms with Crippen LogP contribution in [0.3, 0.4) is 0 Å². The Bertz CT molecular complexity index is 425. The van der Waals surface area contributed by atoms with Gasteiger partial charge < -0.3 is 5.11 Å². The summed E-state index contributed by atoms with van der Waals surface area (Å²) in [5, 5.41) is 8.60. The zero-order valence-electron chi connectivity index (χ0n) is 9.13. The van der Waals surface area contributed by atoms with Gasteiger partial charge in [0.15, 0.2) is 0 Å². The SMILES string of the molecule is C\C(=C/C=C/C=C/c1ccccc1)C(=O)O. The third-order valence-electron chi connectivity index (χ3n) is 1.99. The molecule has 0 aliphatic rings. The summed E-state index contributed by atoms with van der Waals surface area (Å²) in [6.07, 6.45) is 8.92. The van der Waals surface area contributed by atoms with Crippen LogP contribution < -0.4 is 0 Å². The Morgan fingerprint density at radius 1 is 1.12 bits per heavy atom. The molecule has 1 N–H and O–H groups in total. The molecular formula is C14H14O2. The van der Waals surface area contributed by atoms with Gasteiger partial charge in [-0.05, 0) is 12.5 Å². The van der Waals surface area contributed by atoms with E-state index in [9.17, 15) is 4.79 Å². The number of allylic oxidation sites excluding steroid dienone is 4. The van der Waals surface area contributed by atoms with Gasteiger partial charge in [-0.1, -0.05) is 60.7 Å². The minimum atomic E-state index is -0.892. The molecule has 0 bridgehead atoms. The number of rotatable bonds is 4. The monoisotopic (exact) mass is 214 g/mol. The standard InChI is InChI=1S/C14H14O2/c1-12(14(15)16)8-4-2-5-9-13-10-6-3-7-11-13/h2-11H,1H3,(H,15,16)/b4-2+,9-5+,12-8+. The molecule has 16 heavy (non-hydrogen) atoms. The van der Waals surface area contributed by atoms with Crippen molar-refractivity contribution in [3.8, 4) is 0 Å². The minimum Gasteiger partial charge on any atom is -0.478 e. The summed E-state index contributed by atoms with van der Waals surface area (Å²) in [5.74, 6) is -0.892. The average Bonchev–Trinajstić information content (AvgIpc) is 2.29. The number of aliphatic carboxylic acids is 1. The predicted molar refractivity (Wildman–Crippen MR) is 66.0 cm³/mol. The van der Waals surface area contributed by atoms with Crippen LogP contribution in [0.5, 0.6) is 0 Å². The maximum Gasteiger partial charge on any atom is 0.331 e. The lowest BCUT2D eigenvalue weighted by Crippen LogP contribution is -1.94. The van der Waals surface area contributed by atoms with E-state index in [4.69, 9.17) is 5.11 Å². The summed E-state index contributed by atoms with van der Waals surface area (Å²) in [4.78, 5) is 10.5. The molecular weight excluding hydrogens is 200 g/mol. The number of carboxylic acids is 1. The maximum atomic E-state index is 10.5. The molecule has 0 heterocycles. The number of carboxylic acid groups (broad SMARTS) is 1. The van der Waals surface area contributed by atoms with Crippen molar-refractivity contribution in [1.82, 2.24) is 0 Å². The van der Waals surface area contributed by atoms with E-state index in [0.717, 1.165) is 5.56 Å². The zero-order chi connectivity index (χ0) is 11.8. The van der Waals surface area contributed by atoms with E-state index in [1.54, 1.807) is 25.2 Å². The molecule has 0 aromatic heterocycles. The molecule has 0 fully saturated rings. The van der Waals surface area contributed by atoms with Crippen LogP contribution in [0.1, 0.15) is 12.5 Å². The van der Waals surface area contributed by atoms with Crippen LogP contribution in [-0.4, -0.2) is 11.1 Å². The van der Waals surface area contributed by atoms with Crippen molar-refractivity contribution in [2.75, 3.05) is 0 Å². The molecule has 0 saturated heterocycles.